The van der Waals surface area contributed by atoms with E-state index < -0.39 is 17.7 Å². The van der Waals surface area contributed by atoms with Crippen molar-refractivity contribution in [1.29, 1.82) is 0 Å². The molecule has 2 aromatic rings. The predicted molar refractivity (Wildman–Crippen MR) is 121 cm³/mol. The predicted octanol–water partition coefficient (Wildman–Crippen LogP) is 4.73. The molecule has 0 aliphatic heterocycles. The van der Waals surface area contributed by atoms with Crippen molar-refractivity contribution in [3.8, 4) is 23.0 Å². The average Bonchev–Trinajstić information content (AvgIpc) is 2.79. The van der Waals surface area contributed by atoms with E-state index in [1.54, 1.807) is 36.4 Å². The summed E-state index contributed by atoms with van der Waals surface area (Å²) in [7, 11) is 2.94. The van der Waals surface area contributed by atoms with Crippen molar-refractivity contribution in [3.05, 3.63) is 36.4 Å². The number of ketones is 1. The second kappa shape index (κ2) is 11.9. The van der Waals surface area contributed by atoms with Crippen molar-refractivity contribution in [3.63, 3.8) is 0 Å². The highest BCUT2D eigenvalue weighted by Crippen LogP contribution is 2.37. The van der Waals surface area contributed by atoms with E-state index in [-0.39, 0.29) is 0 Å². The van der Waals surface area contributed by atoms with Gasteiger partial charge in [0.25, 0.3) is 5.91 Å². The number of benzene rings is 2. The molecular formula is C22H26ClN3O6. The van der Waals surface area contributed by atoms with Gasteiger partial charge in [0.2, 0.25) is 6.04 Å². The van der Waals surface area contributed by atoms with E-state index in [0.717, 1.165) is 4.42 Å². The van der Waals surface area contributed by atoms with E-state index in [1.165, 1.54) is 21.1 Å². The van der Waals surface area contributed by atoms with Crippen molar-refractivity contribution in [2.75, 3.05) is 31.9 Å². The van der Waals surface area contributed by atoms with Crippen LogP contribution in [0, 0.1) is 0 Å². The van der Waals surface area contributed by atoms with Gasteiger partial charge in [-0.2, -0.15) is 10.2 Å². The van der Waals surface area contributed by atoms with Gasteiger partial charge in [-0.15, -0.1) is 0 Å². The summed E-state index contributed by atoms with van der Waals surface area (Å²) in [5.74, 6) is 0.408. The lowest BCUT2D eigenvalue weighted by atomic mass is 10.2. The number of para-hydroxylation sites is 1. The Hall–Kier alpha value is -3.33. The molecule has 0 spiro atoms. The molecule has 2 rings (SSSR count). The van der Waals surface area contributed by atoms with Crippen LogP contribution in [0.5, 0.6) is 23.0 Å². The highest BCUT2D eigenvalue weighted by molar-refractivity contribution is 6.39. The molecule has 1 unspecified atom stereocenters. The molecule has 0 aliphatic rings. The Morgan fingerprint density at radius 2 is 1.69 bits per heavy atom. The minimum Gasteiger partial charge on any atom is -0.493 e. The van der Waals surface area contributed by atoms with E-state index in [4.69, 9.17) is 30.7 Å². The Balaban J connectivity index is 2.33. The molecule has 0 radical (unpaired) electrons. The Kier molecular flexibility index (Phi) is 9.27. The Labute approximate surface area is 192 Å². The second-order valence-electron chi connectivity index (χ2n) is 6.36. The monoisotopic (exact) mass is 463 g/mol. The Morgan fingerprint density at radius 3 is 2.28 bits per heavy atom. The maximum Gasteiger partial charge on any atom is 0.276 e. The van der Waals surface area contributed by atoms with Crippen LogP contribution in [0.4, 0.5) is 11.4 Å². The molecule has 32 heavy (non-hydrogen) atoms. The van der Waals surface area contributed by atoms with Crippen LogP contribution >= 0.6 is 11.8 Å². The number of anilines is 1. The van der Waals surface area contributed by atoms with Gasteiger partial charge < -0.3 is 18.9 Å². The van der Waals surface area contributed by atoms with Gasteiger partial charge in [-0.1, -0.05) is 6.07 Å². The fourth-order valence-electron chi connectivity index (χ4n) is 2.77. The third kappa shape index (κ3) is 5.88. The first-order valence-electron chi connectivity index (χ1n) is 9.89. The minimum atomic E-state index is -1.45. The van der Waals surface area contributed by atoms with E-state index >= 15 is 0 Å². The summed E-state index contributed by atoms with van der Waals surface area (Å²) in [4.78, 5) is 25.1. The number of carbonyl (C=O) groups is 2. The third-order valence-electron chi connectivity index (χ3n) is 4.23. The normalized spacial score (nSPS) is 11.7. The number of hydrogen-bond donors (Lipinski definition) is 0. The number of methoxy groups -OCH3 is 2. The van der Waals surface area contributed by atoms with Crippen molar-refractivity contribution >= 4 is 34.8 Å². The van der Waals surface area contributed by atoms with Crippen molar-refractivity contribution < 1.29 is 28.5 Å². The molecule has 1 atom stereocenters. The van der Waals surface area contributed by atoms with Crippen LogP contribution in [-0.4, -0.2) is 45.2 Å². The molecule has 0 saturated heterocycles. The maximum atomic E-state index is 13.0. The number of amides is 1. The fourth-order valence-corrected chi connectivity index (χ4v) is 2.97. The summed E-state index contributed by atoms with van der Waals surface area (Å²) in [6.07, 6.45) is 0. The largest absolute Gasteiger partial charge is 0.493 e. The van der Waals surface area contributed by atoms with Crippen LogP contribution in [0.1, 0.15) is 20.8 Å². The van der Waals surface area contributed by atoms with Crippen LogP contribution < -0.4 is 23.4 Å². The van der Waals surface area contributed by atoms with Crippen molar-refractivity contribution in [2.24, 2.45) is 10.2 Å². The average molecular weight is 464 g/mol. The third-order valence-corrected chi connectivity index (χ3v) is 4.59. The minimum absolute atomic E-state index is 0.295. The van der Waals surface area contributed by atoms with Crippen LogP contribution in [0.25, 0.3) is 0 Å². The molecule has 0 fully saturated rings. The molecule has 9 nitrogen and oxygen atoms in total. The first kappa shape index (κ1) is 24.9. The summed E-state index contributed by atoms with van der Waals surface area (Å²) in [6.45, 7) is 5.75. The van der Waals surface area contributed by atoms with E-state index in [9.17, 15) is 9.59 Å². The number of hydrogen-bond acceptors (Lipinski definition) is 8. The van der Waals surface area contributed by atoms with E-state index in [1.807, 2.05) is 13.8 Å². The molecule has 10 heteroatoms. The standard InChI is InChI=1S/C22H26ClN3O6/c1-6-31-17-12-11-15(13-19(17)32-7-2)26(23)22(28)20(14(3)27)25-24-16-9-8-10-18(29-4)21(16)30-5/h8-13,20H,6-7H2,1-5H3. The van der Waals surface area contributed by atoms with E-state index in [0.29, 0.717) is 47.6 Å². The van der Waals surface area contributed by atoms with Gasteiger partial charge in [-0.3, -0.25) is 9.59 Å². The number of nitrogens with zero attached hydrogens (tertiary/aromatic N) is 3. The van der Waals surface area contributed by atoms with Gasteiger partial charge in [0.15, 0.2) is 28.8 Å². The quantitative estimate of drug-likeness (QED) is 0.271. The number of carbonyl (C=O) groups excluding carboxylic acids is 2. The molecule has 1 amide bonds. The highest BCUT2D eigenvalue weighted by Gasteiger charge is 2.29. The highest BCUT2D eigenvalue weighted by atomic mass is 35.5. The van der Waals surface area contributed by atoms with Gasteiger partial charge in [0.1, 0.15) is 5.69 Å². The van der Waals surface area contributed by atoms with Gasteiger partial charge in [0, 0.05) is 17.8 Å². The fraction of sp³-hybridized carbons (Fsp3) is 0.364. The molecule has 0 saturated carbocycles. The molecular weight excluding hydrogens is 438 g/mol. The second-order valence-corrected chi connectivity index (χ2v) is 6.70. The SMILES string of the molecule is CCOc1ccc(N(Cl)C(=O)C(N=Nc2cccc(OC)c2OC)C(C)=O)cc1OCC. The zero-order valence-electron chi connectivity index (χ0n) is 18.6. The molecule has 172 valence electrons. The van der Waals surface area contributed by atoms with Crippen LogP contribution in [0.3, 0.4) is 0 Å². The molecule has 0 heterocycles. The number of ether oxygens (including phenoxy) is 4. The lowest BCUT2D eigenvalue weighted by Crippen LogP contribution is -2.36. The van der Waals surface area contributed by atoms with Crippen LogP contribution in [-0.2, 0) is 9.59 Å². The summed E-state index contributed by atoms with van der Waals surface area (Å²) in [5.41, 5.74) is 0.593. The Morgan fingerprint density at radius 1 is 1.00 bits per heavy atom. The summed E-state index contributed by atoms with van der Waals surface area (Å²) >= 11 is 6.27. The first-order chi connectivity index (χ1) is 15.4. The smallest absolute Gasteiger partial charge is 0.276 e. The van der Waals surface area contributed by atoms with Crippen molar-refractivity contribution in [1.82, 2.24) is 0 Å². The lowest BCUT2D eigenvalue weighted by Gasteiger charge is -2.19. The summed E-state index contributed by atoms with van der Waals surface area (Å²) in [6, 6.07) is 8.31. The Bertz CT molecular complexity index is 982. The summed E-state index contributed by atoms with van der Waals surface area (Å²) < 4.78 is 22.4. The molecule has 0 bridgehead atoms. The van der Waals surface area contributed by atoms with Gasteiger partial charge in [-0.05, 0) is 45.0 Å². The molecule has 0 aliphatic carbocycles. The summed E-state index contributed by atoms with van der Waals surface area (Å²) in [5, 5.41) is 7.98. The first-order valence-corrected chi connectivity index (χ1v) is 10.2. The zero-order chi connectivity index (χ0) is 23.7. The van der Waals surface area contributed by atoms with Crippen molar-refractivity contribution in [2.45, 2.75) is 26.8 Å². The molecule has 2 aromatic carbocycles. The molecule has 0 aromatic heterocycles. The zero-order valence-corrected chi connectivity index (χ0v) is 19.4. The van der Waals surface area contributed by atoms with Crippen LogP contribution in [0.2, 0.25) is 0 Å². The maximum absolute atomic E-state index is 13.0. The number of azo groups is 1. The number of rotatable bonds is 11. The molecule has 0 N–H and O–H groups in total. The number of Topliss-reactive ketones (excluding diaryl/α,β-unsaturated/α-hetero) is 1. The number of halogens is 1. The van der Waals surface area contributed by atoms with Gasteiger partial charge in [0.05, 0.1) is 33.1 Å². The van der Waals surface area contributed by atoms with E-state index in [2.05, 4.69) is 10.2 Å². The van der Waals surface area contributed by atoms with Gasteiger partial charge in [-0.25, -0.2) is 4.42 Å². The van der Waals surface area contributed by atoms with Crippen LogP contribution in [0.15, 0.2) is 46.6 Å². The topological polar surface area (TPSA) is 99.0 Å². The lowest BCUT2D eigenvalue weighted by molar-refractivity contribution is -0.126. The van der Waals surface area contributed by atoms with Gasteiger partial charge >= 0.3 is 0 Å².